The molecule has 0 saturated heterocycles. The lowest BCUT2D eigenvalue weighted by atomic mass is 10.0. The fourth-order valence-corrected chi connectivity index (χ4v) is 2.89. The highest BCUT2D eigenvalue weighted by molar-refractivity contribution is 5.97. The standard InChI is InChI=1S/C22H27N5O5/c1-14(2)20(24-21(28)16-7-9-17(32-5)10-8-16)22(29)25-23-13-15-6-11-18(26(3)4)19(12-15)27(30)31/h6-14,20H,1-5H3,(H,24,28)(H,25,29). The molecule has 0 heterocycles. The van der Waals surface area contributed by atoms with Gasteiger partial charge in [-0.3, -0.25) is 19.7 Å². The van der Waals surface area contributed by atoms with Crippen molar-refractivity contribution in [3.8, 4) is 5.75 Å². The smallest absolute Gasteiger partial charge is 0.293 e. The van der Waals surface area contributed by atoms with Crippen LogP contribution in [0.2, 0.25) is 0 Å². The highest BCUT2D eigenvalue weighted by Crippen LogP contribution is 2.27. The summed E-state index contributed by atoms with van der Waals surface area (Å²) in [6.45, 7) is 3.59. The van der Waals surface area contributed by atoms with Gasteiger partial charge in [0.1, 0.15) is 17.5 Å². The van der Waals surface area contributed by atoms with Gasteiger partial charge in [0.25, 0.3) is 17.5 Å². The summed E-state index contributed by atoms with van der Waals surface area (Å²) in [5, 5.41) is 17.9. The zero-order valence-electron chi connectivity index (χ0n) is 18.7. The van der Waals surface area contributed by atoms with Gasteiger partial charge in [0, 0.05) is 31.3 Å². The van der Waals surface area contributed by atoms with Crippen LogP contribution < -0.4 is 20.4 Å². The van der Waals surface area contributed by atoms with E-state index in [1.54, 1.807) is 69.2 Å². The van der Waals surface area contributed by atoms with Crippen molar-refractivity contribution < 1.29 is 19.2 Å². The fraction of sp³-hybridized carbons (Fsp3) is 0.318. The average molecular weight is 441 g/mol. The van der Waals surface area contributed by atoms with E-state index in [4.69, 9.17) is 4.74 Å². The summed E-state index contributed by atoms with van der Waals surface area (Å²) in [5.41, 5.74) is 3.61. The van der Waals surface area contributed by atoms with Gasteiger partial charge in [-0.15, -0.1) is 0 Å². The first-order valence-electron chi connectivity index (χ1n) is 9.87. The van der Waals surface area contributed by atoms with E-state index in [1.165, 1.54) is 19.4 Å². The van der Waals surface area contributed by atoms with E-state index in [1.807, 2.05) is 0 Å². The van der Waals surface area contributed by atoms with E-state index < -0.39 is 22.8 Å². The Morgan fingerprint density at radius 2 is 1.81 bits per heavy atom. The number of ether oxygens (including phenoxy) is 1. The van der Waals surface area contributed by atoms with E-state index >= 15 is 0 Å². The summed E-state index contributed by atoms with van der Waals surface area (Å²) in [4.78, 5) is 37.6. The Balaban J connectivity index is 2.08. The van der Waals surface area contributed by atoms with Gasteiger partial charge in [-0.05, 0) is 36.2 Å². The van der Waals surface area contributed by atoms with Gasteiger partial charge in [0.15, 0.2) is 0 Å². The minimum Gasteiger partial charge on any atom is -0.497 e. The summed E-state index contributed by atoms with van der Waals surface area (Å²) >= 11 is 0. The number of benzene rings is 2. The lowest BCUT2D eigenvalue weighted by molar-refractivity contribution is -0.384. The van der Waals surface area contributed by atoms with E-state index in [0.717, 1.165) is 0 Å². The summed E-state index contributed by atoms with van der Waals surface area (Å²) in [5.74, 6) is -0.487. The van der Waals surface area contributed by atoms with Crippen LogP contribution in [0.15, 0.2) is 47.6 Å². The zero-order chi connectivity index (χ0) is 23.8. The number of carbonyl (C=O) groups excluding carboxylic acids is 2. The summed E-state index contributed by atoms with van der Waals surface area (Å²) in [6.07, 6.45) is 1.31. The third kappa shape index (κ3) is 6.27. The van der Waals surface area contributed by atoms with Gasteiger partial charge in [-0.2, -0.15) is 5.10 Å². The van der Waals surface area contributed by atoms with Gasteiger partial charge < -0.3 is 15.0 Å². The number of hydrazone groups is 1. The molecule has 1 atom stereocenters. The molecule has 0 aliphatic carbocycles. The molecule has 2 aromatic rings. The van der Waals surface area contributed by atoms with Crippen LogP contribution in [0.4, 0.5) is 11.4 Å². The summed E-state index contributed by atoms with van der Waals surface area (Å²) in [7, 11) is 4.95. The Morgan fingerprint density at radius 1 is 1.16 bits per heavy atom. The second-order valence-corrected chi connectivity index (χ2v) is 7.56. The quantitative estimate of drug-likeness (QED) is 0.350. The number of hydrogen-bond donors (Lipinski definition) is 2. The number of methoxy groups -OCH3 is 1. The highest BCUT2D eigenvalue weighted by atomic mass is 16.6. The van der Waals surface area contributed by atoms with Crippen molar-refractivity contribution in [1.29, 1.82) is 0 Å². The molecule has 10 nitrogen and oxygen atoms in total. The zero-order valence-corrected chi connectivity index (χ0v) is 18.7. The largest absolute Gasteiger partial charge is 0.497 e. The molecule has 1 unspecified atom stereocenters. The van der Waals surface area contributed by atoms with Crippen LogP contribution in [-0.2, 0) is 4.79 Å². The number of anilines is 1. The third-order valence-electron chi connectivity index (χ3n) is 4.65. The van der Waals surface area contributed by atoms with Gasteiger partial charge in [-0.1, -0.05) is 19.9 Å². The number of hydrogen-bond acceptors (Lipinski definition) is 7. The Labute approximate surface area is 186 Å². The summed E-state index contributed by atoms with van der Waals surface area (Å²) in [6, 6.07) is 10.3. The predicted octanol–water partition coefficient (Wildman–Crippen LogP) is 2.57. The third-order valence-corrected chi connectivity index (χ3v) is 4.65. The number of nitrogens with zero attached hydrogens (tertiary/aromatic N) is 3. The molecule has 2 N–H and O–H groups in total. The molecule has 0 fully saturated rings. The molecule has 2 aromatic carbocycles. The van der Waals surface area contributed by atoms with E-state index in [9.17, 15) is 19.7 Å². The topological polar surface area (TPSA) is 126 Å². The molecule has 0 aliphatic heterocycles. The maximum Gasteiger partial charge on any atom is 0.293 e. The van der Waals surface area contributed by atoms with E-state index in [0.29, 0.717) is 22.6 Å². The molecule has 0 aromatic heterocycles. The molecule has 0 radical (unpaired) electrons. The number of carbonyl (C=O) groups is 2. The number of amides is 2. The van der Waals surface area contributed by atoms with Crippen molar-refractivity contribution in [3.63, 3.8) is 0 Å². The van der Waals surface area contributed by atoms with Crippen molar-refractivity contribution in [2.24, 2.45) is 11.0 Å². The van der Waals surface area contributed by atoms with Crippen molar-refractivity contribution in [2.75, 3.05) is 26.1 Å². The van der Waals surface area contributed by atoms with Crippen molar-refractivity contribution in [2.45, 2.75) is 19.9 Å². The van der Waals surface area contributed by atoms with Crippen LogP contribution >= 0.6 is 0 Å². The predicted molar refractivity (Wildman–Crippen MR) is 122 cm³/mol. The monoisotopic (exact) mass is 441 g/mol. The maximum atomic E-state index is 12.6. The maximum absolute atomic E-state index is 12.6. The molecule has 170 valence electrons. The van der Waals surface area contributed by atoms with Crippen molar-refractivity contribution in [1.82, 2.24) is 10.7 Å². The highest BCUT2D eigenvalue weighted by Gasteiger charge is 2.24. The first-order chi connectivity index (χ1) is 15.1. The molecular weight excluding hydrogens is 414 g/mol. The normalized spacial score (nSPS) is 11.8. The number of nitro groups is 1. The van der Waals surface area contributed by atoms with Gasteiger partial charge in [0.2, 0.25) is 0 Å². The van der Waals surface area contributed by atoms with Crippen LogP contribution in [0.25, 0.3) is 0 Å². The molecule has 2 rings (SSSR count). The number of nitro benzene ring substituents is 1. The Hall–Kier alpha value is -3.95. The van der Waals surface area contributed by atoms with Gasteiger partial charge in [-0.25, -0.2) is 5.43 Å². The van der Waals surface area contributed by atoms with Crippen molar-refractivity contribution in [3.05, 3.63) is 63.7 Å². The molecule has 0 aliphatic rings. The molecule has 0 bridgehead atoms. The first kappa shape index (κ1) is 24.3. The molecule has 2 amide bonds. The molecule has 32 heavy (non-hydrogen) atoms. The molecule has 0 saturated carbocycles. The van der Waals surface area contributed by atoms with Crippen LogP contribution in [0.1, 0.15) is 29.8 Å². The molecular formula is C22H27N5O5. The minimum atomic E-state index is -0.827. The minimum absolute atomic E-state index is 0.0721. The Morgan fingerprint density at radius 3 is 2.34 bits per heavy atom. The Kier molecular flexibility index (Phi) is 8.28. The van der Waals surface area contributed by atoms with E-state index in [2.05, 4.69) is 15.8 Å². The Bertz CT molecular complexity index is 1000. The fourth-order valence-electron chi connectivity index (χ4n) is 2.89. The second kappa shape index (κ2) is 10.9. The molecule has 0 spiro atoms. The van der Waals surface area contributed by atoms with Crippen LogP contribution in [0, 0.1) is 16.0 Å². The number of nitrogens with one attached hydrogen (secondary N) is 2. The van der Waals surface area contributed by atoms with E-state index in [-0.39, 0.29) is 11.6 Å². The average Bonchev–Trinajstić information content (AvgIpc) is 2.76. The van der Waals surface area contributed by atoms with Crippen molar-refractivity contribution >= 4 is 29.4 Å². The van der Waals surface area contributed by atoms with Crippen LogP contribution in [0.5, 0.6) is 5.75 Å². The first-order valence-corrected chi connectivity index (χ1v) is 9.87. The lowest BCUT2D eigenvalue weighted by Crippen LogP contribution is -2.48. The van der Waals surface area contributed by atoms with Gasteiger partial charge in [0.05, 0.1) is 18.2 Å². The lowest BCUT2D eigenvalue weighted by Gasteiger charge is -2.20. The molecule has 10 heteroatoms. The van der Waals surface area contributed by atoms with Gasteiger partial charge >= 0.3 is 0 Å². The van der Waals surface area contributed by atoms with Crippen LogP contribution in [-0.4, -0.2) is 50.2 Å². The van der Waals surface area contributed by atoms with Crippen LogP contribution in [0.3, 0.4) is 0 Å². The second-order valence-electron chi connectivity index (χ2n) is 7.56. The summed E-state index contributed by atoms with van der Waals surface area (Å²) < 4.78 is 5.07. The SMILES string of the molecule is COc1ccc(C(=O)NC(C(=O)NN=Cc2ccc(N(C)C)c([N+](=O)[O-])c2)C(C)C)cc1. The number of rotatable bonds is 9.